The average Bonchev–Trinajstić information content (AvgIpc) is 2.44. The zero-order chi connectivity index (χ0) is 14.5. The number of hydrogen-bond donors (Lipinski definition) is 1. The van der Waals surface area contributed by atoms with Gasteiger partial charge in [0, 0.05) is 41.1 Å². The molecule has 0 saturated heterocycles. The first-order chi connectivity index (χ1) is 9.63. The molecule has 2 aromatic rings. The van der Waals surface area contributed by atoms with E-state index in [-0.39, 0.29) is 6.04 Å². The number of nitrogens with two attached hydrogens (primary N) is 1. The summed E-state index contributed by atoms with van der Waals surface area (Å²) in [7, 11) is 2.00. The van der Waals surface area contributed by atoms with Gasteiger partial charge in [-0.2, -0.15) is 0 Å². The lowest BCUT2D eigenvalue weighted by Crippen LogP contribution is -2.30. The van der Waals surface area contributed by atoms with Crippen molar-refractivity contribution in [3.8, 4) is 0 Å². The summed E-state index contributed by atoms with van der Waals surface area (Å²) in [5, 5.41) is 1.29. The summed E-state index contributed by atoms with van der Waals surface area (Å²) >= 11 is 12.5. The standard InChI is InChI=1S/C15H17Cl2N3/c1-20(10-11-4-3-7-19-9-11)14(8-18)15-12(16)5-2-6-13(15)17/h2-7,9,14H,8,10,18H2,1H3. The molecule has 1 aromatic carbocycles. The van der Waals surface area contributed by atoms with Crippen LogP contribution in [0.15, 0.2) is 42.7 Å². The quantitative estimate of drug-likeness (QED) is 0.919. The molecule has 1 atom stereocenters. The molecule has 0 aliphatic rings. The Hall–Kier alpha value is -1.13. The van der Waals surface area contributed by atoms with Crippen LogP contribution in [0.2, 0.25) is 10.0 Å². The van der Waals surface area contributed by atoms with Crippen molar-refractivity contribution < 1.29 is 0 Å². The van der Waals surface area contributed by atoms with Crippen molar-refractivity contribution in [3.05, 3.63) is 63.9 Å². The van der Waals surface area contributed by atoms with Crippen LogP contribution in [0.3, 0.4) is 0 Å². The van der Waals surface area contributed by atoms with E-state index in [1.807, 2.05) is 43.6 Å². The smallest absolute Gasteiger partial charge is 0.0500 e. The molecule has 0 aliphatic heterocycles. The van der Waals surface area contributed by atoms with Crippen LogP contribution in [-0.2, 0) is 6.54 Å². The van der Waals surface area contributed by atoms with Crippen molar-refractivity contribution in [1.82, 2.24) is 9.88 Å². The first kappa shape index (κ1) is 15.3. The van der Waals surface area contributed by atoms with Gasteiger partial charge in [-0.15, -0.1) is 0 Å². The van der Waals surface area contributed by atoms with Gasteiger partial charge in [-0.3, -0.25) is 9.88 Å². The first-order valence-corrected chi connectivity index (χ1v) is 7.12. The second kappa shape index (κ2) is 7.04. The lowest BCUT2D eigenvalue weighted by Gasteiger charge is -2.28. The highest BCUT2D eigenvalue weighted by atomic mass is 35.5. The molecule has 1 unspecified atom stereocenters. The van der Waals surface area contributed by atoms with Crippen molar-refractivity contribution in [2.24, 2.45) is 5.73 Å². The molecule has 2 N–H and O–H groups in total. The Bertz CT molecular complexity index is 540. The van der Waals surface area contributed by atoms with Crippen LogP contribution in [0.4, 0.5) is 0 Å². The Balaban J connectivity index is 2.24. The number of pyridine rings is 1. The van der Waals surface area contributed by atoms with E-state index in [9.17, 15) is 0 Å². The molecule has 0 bridgehead atoms. The van der Waals surface area contributed by atoms with Gasteiger partial charge in [-0.25, -0.2) is 0 Å². The normalized spacial score (nSPS) is 12.7. The maximum Gasteiger partial charge on any atom is 0.0500 e. The monoisotopic (exact) mass is 309 g/mol. The van der Waals surface area contributed by atoms with E-state index >= 15 is 0 Å². The number of hydrogen-bond acceptors (Lipinski definition) is 3. The SMILES string of the molecule is CN(Cc1cccnc1)C(CN)c1c(Cl)cccc1Cl. The number of benzene rings is 1. The predicted molar refractivity (Wildman–Crippen MR) is 84.0 cm³/mol. The molecule has 0 amide bonds. The third kappa shape index (κ3) is 3.49. The van der Waals surface area contributed by atoms with Crippen molar-refractivity contribution in [1.29, 1.82) is 0 Å². The zero-order valence-electron chi connectivity index (χ0n) is 11.3. The minimum atomic E-state index is -0.0311. The summed E-state index contributed by atoms with van der Waals surface area (Å²) in [6, 6.07) is 9.43. The Kier molecular flexibility index (Phi) is 5.38. The summed E-state index contributed by atoms with van der Waals surface area (Å²) < 4.78 is 0. The van der Waals surface area contributed by atoms with Crippen LogP contribution in [0, 0.1) is 0 Å². The fourth-order valence-corrected chi connectivity index (χ4v) is 2.89. The third-order valence-electron chi connectivity index (χ3n) is 3.24. The number of aromatic nitrogens is 1. The van der Waals surface area contributed by atoms with Gasteiger partial charge in [0.05, 0.1) is 6.04 Å². The van der Waals surface area contributed by atoms with Crippen LogP contribution < -0.4 is 5.73 Å². The molecule has 0 aliphatic carbocycles. The lowest BCUT2D eigenvalue weighted by atomic mass is 10.0. The van der Waals surface area contributed by atoms with Gasteiger partial charge in [0.15, 0.2) is 0 Å². The van der Waals surface area contributed by atoms with Crippen LogP contribution >= 0.6 is 23.2 Å². The lowest BCUT2D eigenvalue weighted by molar-refractivity contribution is 0.241. The Labute approximate surface area is 129 Å². The highest BCUT2D eigenvalue weighted by Crippen LogP contribution is 2.33. The van der Waals surface area contributed by atoms with E-state index in [4.69, 9.17) is 28.9 Å². The molecule has 20 heavy (non-hydrogen) atoms. The fourth-order valence-electron chi connectivity index (χ4n) is 2.24. The number of rotatable bonds is 5. The number of likely N-dealkylation sites (N-methyl/N-ethyl adjacent to an activating group) is 1. The van der Waals surface area contributed by atoms with Crippen LogP contribution in [-0.4, -0.2) is 23.5 Å². The first-order valence-electron chi connectivity index (χ1n) is 6.36. The maximum absolute atomic E-state index is 6.27. The molecule has 0 saturated carbocycles. The van der Waals surface area contributed by atoms with Gasteiger partial charge in [-0.05, 0) is 30.8 Å². The van der Waals surface area contributed by atoms with Gasteiger partial charge in [0.1, 0.15) is 0 Å². The molecule has 0 fully saturated rings. The van der Waals surface area contributed by atoms with Crippen molar-refractivity contribution in [2.45, 2.75) is 12.6 Å². The molecule has 0 spiro atoms. The molecule has 106 valence electrons. The van der Waals surface area contributed by atoms with Gasteiger partial charge in [-0.1, -0.05) is 35.3 Å². The summed E-state index contributed by atoms with van der Waals surface area (Å²) in [5.41, 5.74) is 7.92. The third-order valence-corrected chi connectivity index (χ3v) is 3.90. The largest absolute Gasteiger partial charge is 0.329 e. The molecule has 2 rings (SSSR count). The van der Waals surface area contributed by atoms with E-state index in [1.165, 1.54) is 0 Å². The molecular formula is C15H17Cl2N3. The molecule has 1 heterocycles. The van der Waals surface area contributed by atoms with Gasteiger partial charge in [0.25, 0.3) is 0 Å². The van der Waals surface area contributed by atoms with Crippen molar-refractivity contribution in [2.75, 3.05) is 13.6 Å². The summed E-state index contributed by atoms with van der Waals surface area (Å²) in [6.45, 7) is 1.18. The highest BCUT2D eigenvalue weighted by Gasteiger charge is 2.21. The topological polar surface area (TPSA) is 42.2 Å². The summed E-state index contributed by atoms with van der Waals surface area (Å²) in [6.07, 6.45) is 3.60. The summed E-state index contributed by atoms with van der Waals surface area (Å²) in [4.78, 5) is 6.25. The average molecular weight is 310 g/mol. The minimum Gasteiger partial charge on any atom is -0.329 e. The van der Waals surface area contributed by atoms with Crippen LogP contribution in [0.5, 0.6) is 0 Å². The Morgan fingerprint density at radius 2 is 1.90 bits per heavy atom. The van der Waals surface area contributed by atoms with Gasteiger partial charge in [0.2, 0.25) is 0 Å². The number of nitrogens with zero attached hydrogens (tertiary/aromatic N) is 2. The van der Waals surface area contributed by atoms with Crippen LogP contribution in [0.25, 0.3) is 0 Å². The minimum absolute atomic E-state index is 0.0311. The second-order valence-corrected chi connectivity index (χ2v) is 5.48. The molecule has 3 nitrogen and oxygen atoms in total. The Morgan fingerprint density at radius 1 is 1.20 bits per heavy atom. The van der Waals surface area contributed by atoms with E-state index in [1.54, 1.807) is 6.20 Å². The predicted octanol–water partition coefficient (Wildman–Crippen LogP) is 3.52. The number of halogens is 2. The molecule has 1 aromatic heterocycles. The second-order valence-electron chi connectivity index (χ2n) is 4.66. The van der Waals surface area contributed by atoms with E-state index in [2.05, 4.69) is 9.88 Å². The fraction of sp³-hybridized carbons (Fsp3) is 0.267. The maximum atomic E-state index is 6.27. The molecule has 0 radical (unpaired) electrons. The van der Waals surface area contributed by atoms with E-state index in [0.29, 0.717) is 16.6 Å². The molecule has 5 heteroatoms. The van der Waals surface area contributed by atoms with Crippen molar-refractivity contribution in [3.63, 3.8) is 0 Å². The van der Waals surface area contributed by atoms with Gasteiger partial charge >= 0.3 is 0 Å². The van der Waals surface area contributed by atoms with Gasteiger partial charge < -0.3 is 5.73 Å². The highest BCUT2D eigenvalue weighted by molar-refractivity contribution is 6.36. The van der Waals surface area contributed by atoms with Crippen molar-refractivity contribution >= 4 is 23.2 Å². The summed E-state index contributed by atoms with van der Waals surface area (Å²) in [5.74, 6) is 0. The van der Waals surface area contributed by atoms with E-state index in [0.717, 1.165) is 17.7 Å². The van der Waals surface area contributed by atoms with Crippen LogP contribution in [0.1, 0.15) is 17.2 Å². The Morgan fingerprint density at radius 3 is 2.45 bits per heavy atom. The molecular weight excluding hydrogens is 293 g/mol. The van der Waals surface area contributed by atoms with E-state index < -0.39 is 0 Å². The zero-order valence-corrected chi connectivity index (χ0v) is 12.8.